The molecule has 0 aliphatic carbocycles. The van der Waals surface area contributed by atoms with Crippen LogP contribution in [0, 0.1) is 0 Å². The van der Waals surface area contributed by atoms with Crippen LogP contribution in [0.3, 0.4) is 0 Å². The van der Waals surface area contributed by atoms with E-state index in [1.54, 1.807) is 63.2 Å². The molecule has 10 heteroatoms. The lowest BCUT2D eigenvalue weighted by molar-refractivity contribution is -0.137. The molecule has 1 aromatic heterocycles. The average molecular weight is 501 g/mol. The zero-order valence-electron chi connectivity index (χ0n) is 20.4. The standard InChI is InChI=1S/C22H22N2O5S.C3H6O2/c1-22(2,3)29-21(27)24-15-7-5-6-13(10-15)19(25)23-16-8-9-17-14(11-16)12-18(30-17)20(26)28-4;1-3(4)5-2/h5-12H,1-4H3,(H,23,25)(H,24,27);1-2H3. The van der Waals surface area contributed by atoms with Gasteiger partial charge in [-0.25, -0.2) is 9.59 Å². The molecule has 0 unspecified atom stereocenters. The van der Waals surface area contributed by atoms with Crippen LogP contribution in [0.15, 0.2) is 48.5 Å². The number of ether oxygens (including phenoxy) is 3. The Labute approximate surface area is 207 Å². The van der Waals surface area contributed by atoms with Crippen molar-refractivity contribution in [3.8, 4) is 0 Å². The zero-order valence-corrected chi connectivity index (χ0v) is 21.2. The lowest BCUT2D eigenvalue weighted by atomic mass is 10.1. The van der Waals surface area contributed by atoms with Crippen molar-refractivity contribution in [3.63, 3.8) is 0 Å². The Kier molecular flexibility index (Phi) is 9.35. The van der Waals surface area contributed by atoms with Crippen molar-refractivity contribution in [2.75, 3.05) is 24.9 Å². The van der Waals surface area contributed by atoms with Crippen molar-refractivity contribution in [1.29, 1.82) is 0 Å². The highest BCUT2D eigenvalue weighted by molar-refractivity contribution is 7.20. The van der Waals surface area contributed by atoms with Gasteiger partial charge in [0.05, 0.1) is 14.2 Å². The summed E-state index contributed by atoms with van der Waals surface area (Å²) in [6.45, 7) is 6.68. The second-order valence-electron chi connectivity index (χ2n) is 8.21. The molecule has 3 aromatic rings. The monoisotopic (exact) mass is 500 g/mol. The van der Waals surface area contributed by atoms with Crippen LogP contribution < -0.4 is 10.6 Å². The number of benzene rings is 2. The van der Waals surface area contributed by atoms with Crippen molar-refractivity contribution in [2.45, 2.75) is 33.3 Å². The Morgan fingerprint density at radius 1 is 0.857 bits per heavy atom. The number of amides is 2. The number of methoxy groups -OCH3 is 2. The van der Waals surface area contributed by atoms with E-state index >= 15 is 0 Å². The molecular weight excluding hydrogens is 472 g/mol. The Balaban J connectivity index is 0.000000784. The molecule has 0 bridgehead atoms. The first-order valence-electron chi connectivity index (χ1n) is 10.5. The summed E-state index contributed by atoms with van der Waals surface area (Å²) in [5.41, 5.74) is 0.803. The van der Waals surface area contributed by atoms with Gasteiger partial charge in [0.25, 0.3) is 5.91 Å². The molecule has 0 saturated carbocycles. The number of esters is 2. The normalized spacial score (nSPS) is 10.5. The lowest BCUT2D eigenvalue weighted by Crippen LogP contribution is -2.27. The largest absolute Gasteiger partial charge is 0.469 e. The quantitative estimate of drug-likeness (QED) is 0.360. The maximum absolute atomic E-state index is 12.7. The Morgan fingerprint density at radius 3 is 2.11 bits per heavy atom. The molecule has 3 rings (SSSR count). The highest BCUT2D eigenvalue weighted by Crippen LogP contribution is 2.29. The van der Waals surface area contributed by atoms with Gasteiger partial charge in [-0.15, -0.1) is 11.3 Å². The van der Waals surface area contributed by atoms with E-state index in [4.69, 9.17) is 9.47 Å². The summed E-state index contributed by atoms with van der Waals surface area (Å²) in [5.74, 6) is -0.966. The van der Waals surface area contributed by atoms with E-state index in [1.807, 2.05) is 6.07 Å². The zero-order chi connectivity index (χ0) is 26.2. The van der Waals surface area contributed by atoms with Crippen LogP contribution in [0.25, 0.3) is 10.1 Å². The molecule has 0 atom stereocenters. The van der Waals surface area contributed by atoms with Gasteiger partial charge in [-0.1, -0.05) is 6.07 Å². The van der Waals surface area contributed by atoms with Crippen LogP contribution in [-0.4, -0.2) is 43.8 Å². The minimum atomic E-state index is -0.618. The third kappa shape index (κ3) is 8.74. The van der Waals surface area contributed by atoms with Gasteiger partial charge in [0.15, 0.2) is 0 Å². The number of nitrogens with one attached hydrogen (secondary N) is 2. The van der Waals surface area contributed by atoms with E-state index in [2.05, 4.69) is 15.4 Å². The molecule has 0 spiro atoms. The number of carbonyl (C=O) groups excluding carboxylic acids is 4. The van der Waals surface area contributed by atoms with Gasteiger partial charge < -0.3 is 19.5 Å². The van der Waals surface area contributed by atoms with Crippen LogP contribution in [0.2, 0.25) is 0 Å². The van der Waals surface area contributed by atoms with E-state index in [1.165, 1.54) is 32.5 Å². The van der Waals surface area contributed by atoms with Crippen molar-refractivity contribution in [1.82, 2.24) is 0 Å². The Hall–Kier alpha value is -3.92. The number of fused-ring (bicyclic) bond motifs is 1. The van der Waals surface area contributed by atoms with Crippen molar-refractivity contribution >= 4 is 56.7 Å². The first-order valence-corrected chi connectivity index (χ1v) is 11.3. The first-order chi connectivity index (χ1) is 16.4. The Bertz CT molecular complexity index is 1230. The van der Waals surface area contributed by atoms with E-state index in [9.17, 15) is 19.2 Å². The predicted molar refractivity (Wildman–Crippen MR) is 135 cm³/mol. The highest BCUT2D eigenvalue weighted by atomic mass is 32.1. The van der Waals surface area contributed by atoms with Crippen LogP contribution >= 0.6 is 11.3 Å². The van der Waals surface area contributed by atoms with Crippen molar-refractivity contribution in [3.05, 3.63) is 59.0 Å². The number of anilines is 2. The van der Waals surface area contributed by atoms with Gasteiger partial charge in [-0.2, -0.15) is 0 Å². The fourth-order valence-corrected chi connectivity index (χ4v) is 3.65. The van der Waals surface area contributed by atoms with Gasteiger partial charge >= 0.3 is 18.0 Å². The molecule has 9 nitrogen and oxygen atoms in total. The van der Waals surface area contributed by atoms with Crippen LogP contribution in [0.1, 0.15) is 47.7 Å². The second-order valence-corrected chi connectivity index (χ2v) is 9.30. The third-order valence-electron chi connectivity index (χ3n) is 4.22. The molecular formula is C25H28N2O7S. The summed E-state index contributed by atoms with van der Waals surface area (Å²) in [6.07, 6.45) is -0.593. The summed E-state index contributed by atoms with van der Waals surface area (Å²) in [4.78, 5) is 46.4. The van der Waals surface area contributed by atoms with E-state index in [0.29, 0.717) is 21.8 Å². The minimum absolute atomic E-state index is 0.245. The maximum Gasteiger partial charge on any atom is 0.412 e. The average Bonchev–Trinajstić information content (AvgIpc) is 3.21. The third-order valence-corrected chi connectivity index (χ3v) is 5.31. The number of thiophene rings is 1. The van der Waals surface area contributed by atoms with Crippen molar-refractivity contribution < 1.29 is 33.4 Å². The van der Waals surface area contributed by atoms with E-state index in [-0.39, 0.29) is 11.9 Å². The molecule has 1 heterocycles. The van der Waals surface area contributed by atoms with Crippen LogP contribution in [0.5, 0.6) is 0 Å². The molecule has 2 N–H and O–H groups in total. The molecule has 2 aromatic carbocycles. The Morgan fingerprint density at radius 2 is 1.51 bits per heavy atom. The molecule has 0 saturated heterocycles. The number of rotatable bonds is 4. The van der Waals surface area contributed by atoms with Crippen LogP contribution in [0.4, 0.5) is 16.2 Å². The van der Waals surface area contributed by atoms with Gasteiger partial charge in [0.2, 0.25) is 0 Å². The molecule has 0 aliphatic heterocycles. The van der Waals surface area contributed by atoms with E-state index < -0.39 is 17.7 Å². The molecule has 0 radical (unpaired) electrons. The summed E-state index contributed by atoms with van der Waals surface area (Å²) < 4.78 is 15.0. The van der Waals surface area contributed by atoms with Gasteiger partial charge in [-0.3, -0.25) is 14.9 Å². The summed E-state index contributed by atoms with van der Waals surface area (Å²) >= 11 is 1.33. The molecule has 35 heavy (non-hydrogen) atoms. The second kappa shape index (κ2) is 12.0. The molecule has 0 fully saturated rings. The smallest absolute Gasteiger partial charge is 0.412 e. The first kappa shape index (κ1) is 27.3. The summed E-state index contributed by atoms with van der Waals surface area (Å²) in [5, 5.41) is 6.28. The van der Waals surface area contributed by atoms with E-state index in [0.717, 1.165) is 10.1 Å². The molecule has 2 amide bonds. The predicted octanol–water partition coefficient (Wildman–Crippen LogP) is 5.47. The molecule has 0 aliphatic rings. The van der Waals surface area contributed by atoms with Gasteiger partial charge in [0.1, 0.15) is 10.5 Å². The maximum atomic E-state index is 12.7. The topological polar surface area (TPSA) is 120 Å². The van der Waals surface area contributed by atoms with Gasteiger partial charge in [0, 0.05) is 28.6 Å². The number of hydrogen-bond donors (Lipinski definition) is 2. The fraction of sp³-hybridized carbons (Fsp3) is 0.280. The lowest BCUT2D eigenvalue weighted by Gasteiger charge is -2.19. The van der Waals surface area contributed by atoms with Gasteiger partial charge in [-0.05, 0) is 68.6 Å². The van der Waals surface area contributed by atoms with Crippen LogP contribution in [-0.2, 0) is 19.0 Å². The highest BCUT2D eigenvalue weighted by Gasteiger charge is 2.17. The SMILES string of the molecule is COC(=O)c1cc2cc(NC(=O)c3cccc(NC(=O)OC(C)(C)C)c3)ccc2s1.COC(C)=O. The minimum Gasteiger partial charge on any atom is -0.469 e. The number of hydrogen-bond acceptors (Lipinski definition) is 8. The number of carbonyl (C=O) groups is 4. The summed E-state index contributed by atoms with van der Waals surface area (Å²) in [6, 6.07) is 13.7. The summed E-state index contributed by atoms with van der Waals surface area (Å²) in [7, 11) is 2.69. The fourth-order valence-electron chi connectivity index (χ4n) is 2.69. The van der Waals surface area contributed by atoms with Crippen molar-refractivity contribution in [2.24, 2.45) is 0 Å². The molecule has 186 valence electrons.